The highest BCUT2D eigenvalue weighted by atomic mass is 32.2. The van der Waals surface area contributed by atoms with Crippen LogP contribution in [-0.2, 0) is 16.3 Å². The largest absolute Gasteiger partial charge is 0.464 e. The summed E-state index contributed by atoms with van der Waals surface area (Å²) in [4.78, 5) is 0. The molecule has 0 aliphatic carbocycles. The Morgan fingerprint density at radius 1 is 1.50 bits per heavy atom. The van der Waals surface area contributed by atoms with Crippen LogP contribution in [0.5, 0.6) is 0 Å². The van der Waals surface area contributed by atoms with Gasteiger partial charge in [-0.15, -0.1) is 0 Å². The molecule has 2 heterocycles. The van der Waals surface area contributed by atoms with Crippen LogP contribution in [0.15, 0.2) is 16.5 Å². The fourth-order valence-electron chi connectivity index (χ4n) is 2.31. The van der Waals surface area contributed by atoms with Gasteiger partial charge in [0.1, 0.15) is 11.5 Å². The van der Waals surface area contributed by atoms with Gasteiger partial charge in [0.05, 0.1) is 17.0 Å². The Bertz CT molecular complexity index is 492. The summed E-state index contributed by atoms with van der Waals surface area (Å²) in [5.74, 6) is 2.18. The lowest BCUT2D eigenvalue weighted by Crippen LogP contribution is -2.32. The lowest BCUT2D eigenvalue weighted by Gasteiger charge is -2.15. The van der Waals surface area contributed by atoms with Gasteiger partial charge < -0.3 is 9.73 Å². The van der Waals surface area contributed by atoms with Crippen LogP contribution < -0.4 is 5.32 Å². The van der Waals surface area contributed by atoms with E-state index >= 15 is 0 Å². The number of furan rings is 1. The first-order valence-electron chi connectivity index (χ1n) is 6.56. The number of nitrogens with one attached hydrogen (secondary N) is 1. The van der Waals surface area contributed by atoms with Crippen molar-refractivity contribution in [3.05, 3.63) is 23.7 Å². The van der Waals surface area contributed by atoms with Crippen molar-refractivity contribution in [1.29, 1.82) is 0 Å². The van der Waals surface area contributed by atoms with Gasteiger partial charge in [-0.05, 0) is 31.9 Å². The topological polar surface area (TPSA) is 59.3 Å². The molecule has 5 heteroatoms. The van der Waals surface area contributed by atoms with Gasteiger partial charge in [0.15, 0.2) is 9.84 Å². The fraction of sp³-hybridized carbons (Fsp3) is 0.692. The number of rotatable bonds is 5. The zero-order valence-electron chi connectivity index (χ0n) is 11.0. The van der Waals surface area contributed by atoms with Gasteiger partial charge in [-0.1, -0.05) is 6.92 Å². The molecule has 1 saturated heterocycles. The second kappa shape index (κ2) is 5.45. The maximum Gasteiger partial charge on any atom is 0.154 e. The lowest BCUT2D eigenvalue weighted by molar-refractivity contribution is 0.407. The Morgan fingerprint density at radius 3 is 2.83 bits per heavy atom. The highest BCUT2D eigenvalue weighted by Gasteiger charge is 2.31. The molecule has 0 aromatic carbocycles. The minimum absolute atomic E-state index is 0.0566. The molecule has 1 aliphatic rings. The average Bonchev–Trinajstić information content (AvgIpc) is 2.92. The summed E-state index contributed by atoms with van der Waals surface area (Å²) in [5, 5.41) is 3.04. The molecular formula is C13H21NO3S. The van der Waals surface area contributed by atoms with Crippen LogP contribution in [-0.4, -0.2) is 26.0 Å². The summed E-state index contributed by atoms with van der Waals surface area (Å²) < 4.78 is 29.0. The molecule has 0 spiro atoms. The standard InChI is InChI=1S/C13H21NO3S/c1-3-11-6-7-13(17-11)10(2)14-9-12-5-4-8-18(12,15)16/h6-7,10,12,14H,3-5,8-9H2,1-2H3/t10-,12+/m0/s1. The van der Waals surface area contributed by atoms with Crippen molar-refractivity contribution < 1.29 is 12.8 Å². The first kappa shape index (κ1) is 13.6. The molecule has 0 bridgehead atoms. The molecule has 4 nitrogen and oxygen atoms in total. The summed E-state index contributed by atoms with van der Waals surface area (Å²) in [7, 11) is -2.86. The van der Waals surface area contributed by atoms with Gasteiger partial charge in [-0.25, -0.2) is 8.42 Å². The molecule has 1 aromatic rings. The number of aryl methyl sites for hydroxylation is 1. The minimum Gasteiger partial charge on any atom is -0.464 e. The van der Waals surface area contributed by atoms with E-state index in [0.717, 1.165) is 30.8 Å². The first-order chi connectivity index (χ1) is 8.53. The van der Waals surface area contributed by atoms with Crippen molar-refractivity contribution in [2.24, 2.45) is 0 Å². The van der Waals surface area contributed by atoms with E-state index in [1.807, 2.05) is 26.0 Å². The molecule has 18 heavy (non-hydrogen) atoms. The van der Waals surface area contributed by atoms with Crippen LogP contribution in [0.3, 0.4) is 0 Å². The maximum atomic E-state index is 11.7. The van der Waals surface area contributed by atoms with E-state index in [9.17, 15) is 8.42 Å². The highest BCUT2D eigenvalue weighted by Crippen LogP contribution is 2.21. The second-order valence-corrected chi connectivity index (χ2v) is 7.32. The summed E-state index contributed by atoms with van der Waals surface area (Å²) in [6.45, 7) is 4.57. The van der Waals surface area contributed by atoms with E-state index in [4.69, 9.17) is 4.42 Å². The third-order valence-electron chi connectivity index (χ3n) is 3.57. The Hall–Kier alpha value is -0.810. The fourth-order valence-corrected chi connectivity index (χ4v) is 4.09. The number of hydrogen-bond donors (Lipinski definition) is 1. The summed E-state index contributed by atoms with van der Waals surface area (Å²) in [6, 6.07) is 3.99. The van der Waals surface area contributed by atoms with Gasteiger partial charge in [-0.2, -0.15) is 0 Å². The van der Waals surface area contributed by atoms with Crippen molar-refractivity contribution in [3.63, 3.8) is 0 Å². The SMILES string of the molecule is CCc1ccc([C@H](C)NC[C@H]2CCCS2(=O)=O)o1. The van der Waals surface area contributed by atoms with Crippen molar-refractivity contribution >= 4 is 9.84 Å². The van der Waals surface area contributed by atoms with Crippen LogP contribution in [0, 0.1) is 0 Å². The van der Waals surface area contributed by atoms with Gasteiger partial charge in [0, 0.05) is 13.0 Å². The van der Waals surface area contributed by atoms with Crippen LogP contribution >= 0.6 is 0 Å². The molecule has 0 amide bonds. The Morgan fingerprint density at radius 2 is 2.28 bits per heavy atom. The van der Waals surface area contributed by atoms with Gasteiger partial charge in [-0.3, -0.25) is 0 Å². The van der Waals surface area contributed by atoms with Crippen molar-refractivity contribution in [3.8, 4) is 0 Å². The Kier molecular flexibility index (Phi) is 4.12. The lowest BCUT2D eigenvalue weighted by atomic mass is 10.2. The summed E-state index contributed by atoms with van der Waals surface area (Å²) in [5.41, 5.74) is 0. The Balaban J connectivity index is 1.90. The summed E-state index contributed by atoms with van der Waals surface area (Å²) >= 11 is 0. The quantitative estimate of drug-likeness (QED) is 0.890. The summed E-state index contributed by atoms with van der Waals surface area (Å²) in [6.07, 6.45) is 2.45. The molecule has 0 radical (unpaired) electrons. The maximum absolute atomic E-state index is 11.7. The zero-order chi connectivity index (χ0) is 13.2. The Labute approximate surface area is 109 Å². The predicted octanol–water partition coefficient (Wildman–Crippen LogP) is 2.07. The van der Waals surface area contributed by atoms with E-state index < -0.39 is 9.84 Å². The van der Waals surface area contributed by atoms with Crippen LogP contribution in [0.25, 0.3) is 0 Å². The van der Waals surface area contributed by atoms with Crippen molar-refractivity contribution in [1.82, 2.24) is 5.32 Å². The third kappa shape index (κ3) is 2.95. The predicted molar refractivity (Wildman–Crippen MR) is 71.3 cm³/mol. The van der Waals surface area contributed by atoms with Gasteiger partial charge in [0.2, 0.25) is 0 Å². The second-order valence-electron chi connectivity index (χ2n) is 4.92. The zero-order valence-corrected chi connectivity index (χ0v) is 11.8. The van der Waals surface area contributed by atoms with E-state index in [1.165, 1.54) is 0 Å². The molecule has 2 atom stereocenters. The first-order valence-corrected chi connectivity index (χ1v) is 8.28. The smallest absolute Gasteiger partial charge is 0.154 e. The van der Waals surface area contributed by atoms with Crippen molar-refractivity contribution in [2.45, 2.75) is 44.4 Å². The van der Waals surface area contributed by atoms with E-state index in [2.05, 4.69) is 5.32 Å². The van der Waals surface area contributed by atoms with Gasteiger partial charge in [0.25, 0.3) is 0 Å². The number of sulfone groups is 1. The molecular weight excluding hydrogens is 250 g/mol. The highest BCUT2D eigenvalue weighted by molar-refractivity contribution is 7.92. The number of hydrogen-bond acceptors (Lipinski definition) is 4. The molecule has 1 N–H and O–H groups in total. The minimum atomic E-state index is -2.86. The van der Waals surface area contributed by atoms with E-state index in [0.29, 0.717) is 12.3 Å². The van der Waals surface area contributed by atoms with Crippen LogP contribution in [0.1, 0.15) is 44.3 Å². The molecule has 102 valence electrons. The molecule has 2 rings (SSSR count). The molecule has 1 fully saturated rings. The normalized spacial score (nSPS) is 24.2. The molecule has 0 saturated carbocycles. The van der Waals surface area contributed by atoms with Crippen molar-refractivity contribution in [2.75, 3.05) is 12.3 Å². The average molecular weight is 271 g/mol. The van der Waals surface area contributed by atoms with E-state index in [-0.39, 0.29) is 11.3 Å². The van der Waals surface area contributed by atoms with Crippen LogP contribution in [0.4, 0.5) is 0 Å². The molecule has 1 aliphatic heterocycles. The monoisotopic (exact) mass is 271 g/mol. The van der Waals surface area contributed by atoms with Crippen LogP contribution in [0.2, 0.25) is 0 Å². The third-order valence-corrected chi connectivity index (χ3v) is 5.85. The molecule has 1 aromatic heterocycles. The van der Waals surface area contributed by atoms with Gasteiger partial charge >= 0.3 is 0 Å². The van der Waals surface area contributed by atoms with E-state index in [1.54, 1.807) is 0 Å². The molecule has 0 unspecified atom stereocenters.